The van der Waals surface area contributed by atoms with Crippen molar-refractivity contribution in [1.29, 1.82) is 0 Å². The Morgan fingerprint density at radius 2 is 2.19 bits per heavy atom. The molecule has 0 bridgehead atoms. The van der Waals surface area contributed by atoms with Crippen LogP contribution in [-0.4, -0.2) is 23.0 Å². The number of aromatic nitrogens is 1. The lowest BCUT2D eigenvalue weighted by atomic mass is 10.1. The van der Waals surface area contributed by atoms with Gasteiger partial charge in [0.2, 0.25) is 5.76 Å². The van der Waals surface area contributed by atoms with Crippen LogP contribution in [0.3, 0.4) is 0 Å². The summed E-state index contributed by atoms with van der Waals surface area (Å²) in [4.78, 5) is 22.8. The molecule has 0 saturated carbocycles. The Morgan fingerprint density at radius 3 is 2.62 bits per heavy atom. The van der Waals surface area contributed by atoms with Crippen LogP contribution >= 0.6 is 11.6 Å². The molecule has 0 aliphatic heterocycles. The van der Waals surface area contributed by atoms with Crippen LogP contribution < -0.4 is 11.1 Å². The molecular formula is C9H12ClN3O3. The van der Waals surface area contributed by atoms with Crippen molar-refractivity contribution in [3.8, 4) is 0 Å². The minimum Gasteiger partial charge on any atom is -0.363 e. The molecule has 0 atom stereocenters. The van der Waals surface area contributed by atoms with Gasteiger partial charge >= 0.3 is 0 Å². The first-order valence-corrected chi connectivity index (χ1v) is 5.16. The molecule has 0 aliphatic carbocycles. The molecule has 88 valence electrons. The third kappa shape index (κ3) is 2.52. The van der Waals surface area contributed by atoms with E-state index < -0.39 is 11.8 Å². The zero-order valence-electron chi connectivity index (χ0n) is 8.91. The number of rotatable bonds is 4. The quantitative estimate of drug-likeness (QED) is 0.761. The van der Waals surface area contributed by atoms with E-state index >= 15 is 0 Å². The minimum absolute atomic E-state index is 0.0104. The van der Waals surface area contributed by atoms with E-state index in [1.807, 2.05) is 0 Å². The van der Waals surface area contributed by atoms with Crippen LogP contribution in [0.15, 0.2) is 4.52 Å². The Bertz CT molecular complexity index is 414. The number of hydrogen-bond donors (Lipinski definition) is 2. The molecule has 2 amide bonds. The maximum atomic E-state index is 11.7. The van der Waals surface area contributed by atoms with Crippen LogP contribution in [0, 0.1) is 0 Å². The summed E-state index contributed by atoms with van der Waals surface area (Å²) in [7, 11) is 0. The number of halogens is 1. The van der Waals surface area contributed by atoms with E-state index in [1.165, 1.54) is 0 Å². The van der Waals surface area contributed by atoms with Gasteiger partial charge in [0.05, 0.1) is 5.88 Å². The summed E-state index contributed by atoms with van der Waals surface area (Å²) in [5, 5.41) is 6.13. The van der Waals surface area contributed by atoms with Gasteiger partial charge in [0.15, 0.2) is 0 Å². The summed E-state index contributed by atoms with van der Waals surface area (Å²) in [6, 6.07) is -0.0775. The standard InChI is InChI=1S/C9H12ClN3O3/c1-4(2)12-9(15)6-5(3-10)13-16-7(6)8(11)14/h4H,3H2,1-2H3,(H2,11,14)(H,12,15). The number of carbonyl (C=O) groups is 2. The predicted molar refractivity (Wildman–Crippen MR) is 57.2 cm³/mol. The molecular weight excluding hydrogens is 234 g/mol. The average Bonchev–Trinajstić information content (AvgIpc) is 2.59. The van der Waals surface area contributed by atoms with E-state index in [2.05, 4.69) is 15.0 Å². The molecule has 0 spiro atoms. The molecule has 16 heavy (non-hydrogen) atoms. The lowest BCUT2D eigenvalue weighted by Gasteiger charge is -2.07. The molecule has 0 aromatic carbocycles. The zero-order chi connectivity index (χ0) is 12.3. The molecule has 0 unspecified atom stereocenters. The SMILES string of the molecule is CC(C)NC(=O)c1c(CCl)noc1C(N)=O. The van der Waals surface area contributed by atoms with E-state index in [-0.39, 0.29) is 28.9 Å². The minimum atomic E-state index is -0.849. The van der Waals surface area contributed by atoms with E-state index in [4.69, 9.17) is 17.3 Å². The maximum absolute atomic E-state index is 11.7. The average molecular weight is 246 g/mol. The molecule has 0 radical (unpaired) electrons. The van der Waals surface area contributed by atoms with Gasteiger partial charge in [-0.2, -0.15) is 0 Å². The van der Waals surface area contributed by atoms with Gasteiger partial charge in [-0.05, 0) is 13.8 Å². The summed E-state index contributed by atoms with van der Waals surface area (Å²) >= 11 is 5.58. The van der Waals surface area contributed by atoms with Gasteiger partial charge in [0, 0.05) is 6.04 Å². The highest BCUT2D eigenvalue weighted by atomic mass is 35.5. The number of nitrogens with two attached hydrogens (primary N) is 1. The number of nitrogens with one attached hydrogen (secondary N) is 1. The Hall–Kier alpha value is -1.56. The first-order chi connectivity index (χ1) is 7.47. The summed E-state index contributed by atoms with van der Waals surface area (Å²) in [6.45, 7) is 3.57. The lowest BCUT2D eigenvalue weighted by molar-refractivity contribution is 0.0913. The first-order valence-electron chi connectivity index (χ1n) is 4.62. The number of primary amides is 1. The molecule has 1 aromatic rings. The fourth-order valence-corrected chi connectivity index (χ4v) is 1.33. The fraction of sp³-hybridized carbons (Fsp3) is 0.444. The summed E-state index contributed by atoms with van der Waals surface area (Å²) < 4.78 is 4.68. The van der Waals surface area contributed by atoms with Gasteiger partial charge in [-0.25, -0.2) is 0 Å². The van der Waals surface area contributed by atoms with Crippen molar-refractivity contribution in [2.75, 3.05) is 0 Å². The zero-order valence-corrected chi connectivity index (χ0v) is 9.67. The number of amides is 2. The predicted octanol–water partition coefficient (Wildman–Crippen LogP) is 0.651. The van der Waals surface area contributed by atoms with Crippen molar-refractivity contribution in [1.82, 2.24) is 10.5 Å². The third-order valence-corrected chi connectivity index (χ3v) is 2.01. The number of carbonyl (C=O) groups excluding carboxylic acids is 2. The van der Waals surface area contributed by atoms with Gasteiger partial charge in [-0.1, -0.05) is 5.16 Å². The smallest absolute Gasteiger partial charge is 0.288 e. The normalized spacial score (nSPS) is 10.5. The van der Waals surface area contributed by atoms with Crippen LogP contribution in [0.1, 0.15) is 40.5 Å². The van der Waals surface area contributed by atoms with Crippen molar-refractivity contribution < 1.29 is 14.1 Å². The summed E-state index contributed by atoms with van der Waals surface area (Å²) in [5.74, 6) is -1.62. The molecule has 7 heteroatoms. The summed E-state index contributed by atoms with van der Waals surface area (Å²) in [5.41, 5.74) is 5.27. The van der Waals surface area contributed by atoms with Crippen LogP contribution in [0.4, 0.5) is 0 Å². The topological polar surface area (TPSA) is 98.2 Å². The van der Waals surface area contributed by atoms with E-state index in [1.54, 1.807) is 13.8 Å². The third-order valence-electron chi connectivity index (χ3n) is 1.76. The monoisotopic (exact) mass is 245 g/mol. The van der Waals surface area contributed by atoms with Crippen LogP contribution in [0.2, 0.25) is 0 Å². The van der Waals surface area contributed by atoms with Crippen LogP contribution in [0.5, 0.6) is 0 Å². The van der Waals surface area contributed by atoms with Crippen molar-refractivity contribution in [3.63, 3.8) is 0 Å². The molecule has 1 heterocycles. The van der Waals surface area contributed by atoms with Crippen molar-refractivity contribution in [2.45, 2.75) is 25.8 Å². The largest absolute Gasteiger partial charge is 0.363 e. The highest BCUT2D eigenvalue weighted by Crippen LogP contribution is 2.16. The Kier molecular flexibility index (Phi) is 3.89. The second-order valence-electron chi connectivity index (χ2n) is 3.46. The van der Waals surface area contributed by atoms with Gasteiger partial charge in [-0.3, -0.25) is 9.59 Å². The van der Waals surface area contributed by atoms with Crippen molar-refractivity contribution in [2.24, 2.45) is 5.73 Å². The second-order valence-corrected chi connectivity index (χ2v) is 3.73. The molecule has 1 rings (SSSR count). The summed E-state index contributed by atoms with van der Waals surface area (Å²) in [6.07, 6.45) is 0. The molecule has 6 nitrogen and oxygen atoms in total. The molecule has 1 aromatic heterocycles. The highest BCUT2D eigenvalue weighted by Gasteiger charge is 2.25. The van der Waals surface area contributed by atoms with Crippen LogP contribution in [0.25, 0.3) is 0 Å². The van der Waals surface area contributed by atoms with E-state index in [9.17, 15) is 9.59 Å². The van der Waals surface area contributed by atoms with Crippen LogP contribution in [-0.2, 0) is 5.88 Å². The molecule has 0 aliphatic rings. The molecule has 3 N–H and O–H groups in total. The van der Waals surface area contributed by atoms with Gasteiger partial charge in [0.25, 0.3) is 11.8 Å². The van der Waals surface area contributed by atoms with E-state index in [0.29, 0.717) is 0 Å². The highest BCUT2D eigenvalue weighted by molar-refractivity contribution is 6.18. The molecule has 0 fully saturated rings. The van der Waals surface area contributed by atoms with Crippen molar-refractivity contribution >= 4 is 23.4 Å². The van der Waals surface area contributed by atoms with Gasteiger partial charge in [-0.15, -0.1) is 11.6 Å². The van der Waals surface area contributed by atoms with Gasteiger partial charge < -0.3 is 15.6 Å². The first kappa shape index (κ1) is 12.5. The molecule has 0 saturated heterocycles. The van der Waals surface area contributed by atoms with E-state index in [0.717, 1.165) is 0 Å². The van der Waals surface area contributed by atoms with Crippen molar-refractivity contribution in [3.05, 3.63) is 17.0 Å². The number of nitrogens with zero attached hydrogens (tertiary/aromatic N) is 1. The number of hydrogen-bond acceptors (Lipinski definition) is 4. The Morgan fingerprint density at radius 1 is 1.56 bits per heavy atom. The maximum Gasteiger partial charge on any atom is 0.288 e. The second kappa shape index (κ2) is 4.98. The number of alkyl halides is 1. The fourth-order valence-electron chi connectivity index (χ4n) is 1.15. The Balaban J connectivity index is 3.12. The Labute approximate surface area is 97.1 Å². The van der Waals surface area contributed by atoms with Gasteiger partial charge in [0.1, 0.15) is 11.3 Å². The lowest BCUT2D eigenvalue weighted by Crippen LogP contribution is -2.32.